The average Bonchev–Trinajstić information content (AvgIpc) is 1.96. The van der Waals surface area contributed by atoms with Crippen LogP contribution < -0.4 is 0 Å². The number of carbonyl (C=O) groups excluding carboxylic acids is 2. The molecule has 0 saturated carbocycles. The van der Waals surface area contributed by atoms with Crippen LogP contribution in [0.2, 0.25) is 0 Å². The van der Waals surface area contributed by atoms with Crippen LogP contribution in [0.4, 0.5) is 0 Å². The molecule has 0 rings (SSSR count). The molecule has 0 aliphatic heterocycles. The second-order valence-electron chi connectivity index (χ2n) is 5.20. The fraction of sp³-hybridized carbons (Fsp3) is 0.833. The van der Waals surface area contributed by atoms with Crippen LogP contribution in [-0.2, 0) is 23.8 Å². The second kappa shape index (κ2) is 6.00. The molecular formula is C12H22O5. The Balaban J connectivity index is 4.05. The first-order valence-electron chi connectivity index (χ1n) is 5.51. The molecule has 0 heterocycles. The van der Waals surface area contributed by atoms with Crippen molar-refractivity contribution in [2.24, 2.45) is 0 Å². The molecule has 0 amide bonds. The van der Waals surface area contributed by atoms with E-state index in [0.717, 1.165) is 0 Å². The van der Waals surface area contributed by atoms with Crippen molar-refractivity contribution in [1.29, 1.82) is 0 Å². The van der Waals surface area contributed by atoms with Crippen molar-refractivity contribution in [3.63, 3.8) is 0 Å². The van der Waals surface area contributed by atoms with E-state index < -0.39 is 11.2 Å². The van der Waals surface area contributed by atoms with E-state index in [9.17, 15) is 9.59 Å². The fourth-order valence-corrected chi connectivity index (χ4v) is 1.38. The summed E-state index contributed by atoms with van der Waals surface area (Å²) in [6.45, 7) is 10.2. The van der Waals surface area contributed by atoms with Crippen molar-refractivity contribution in [3.05, 3.63) is 0 Å². The van der Waals surface area contributed by atoms with Crippen molar-refractivity contribution < 1.29 is 23.8 Å². The molecule has 5 heteroatoms. The minimum absolute atomic E-state index is 0.247. The first-order chi connectivity index (χ1) is 7.54. The topological polar surface area (TPSA) is 61.8 Å². The molecule has 100 valence electrons. The van der Waals surface area contributed by atoms with Gasteiger partial charge in [0.15, 0.2) is 0 Å². The molecule has 0 aromatic heterocycles. The summed E-state index contributed by atoms with van der Waals surface area (Å²) in [5.74, 6) is -0.698. The van der Waals surface area contributed by atoms with E-state index in [4.69, 9.17) is 14.2 Å². The van der Waals surface area contributed by atoms with Gasteiger partial charge in [-0.2, -0.15) is 0 Å². The standard InChI is InChI=1S/C12H22O5/c1-9(13)16-11(3,4)7-15-8-12(5,6)17-10(2)14/h7-8H2,1-6H3. The van der Waals surface area contributed by atoms with Crippen LogP contribution in [0.25, 0.3) is 0 Å². The zero-order valence-corrected chi connectivity index (χ0v) is 11.5. The van der Waals surface area contributed by atoms with E-state index in [-0.39, 0.29) is 25.2 Å². The summed E-state index contributed by atoms with van der Waals surface area (Å²) in [6.07, 6.45) is 0. The Morgan fingerprint density at radius 2 is 1.12 bits per heavy atom. The van der Waals surface area contributed by atoms with Gasteiger partial charge in [0.2, 0.25) is 0 Å². The molecule has 0 radical (unpaired) electrons. The van der Waals surface area contributed by atoms with Gasteiger partial charge in [0.05, 0.1) is 13.2 Å². The number of ether oxygens (including phenoxy) is 3. The molecule has 0 saturated heterocycles. The highest BCUT2D eigenvalue weighted by Gasteiger charge is 2.26. The van der Waals surface area contributed by atoms with Crippen molar-refractivity contribution in [2.75, 3.05) is 13.2 Å². The molecule has 17 heavy (non-hydrogen) atoms. The largest absolute Gasteiger partial charge is 0.457 e. The van der Waals surface area contributed by atoms with Gasteiger partial charge in [-0.25, -0.2) is 0 Å². The fourth-order valence-electron chi connectivity index (χ4n) is 1.38. The summed E-state index contributed by atoms with van der Waals surface area (Å²) in [4.78, 5) is 21.6. The lowest BCUT2D eigenvalue weighted by Gasteiger charge is -2.28. The van der Waals surface area contributed by atoms with E-state index in [1.807, 2.05) is 0 Å². The van der Waals surface area contributed by atoms with Gasteiger partial charge in [0.25, 0.3) is 0 Å². The number of esters is 2. The third-order valence-electron chi connectivity index (χ3n) is 1.74. The quantitative estimate of drug-likeness (QED) is 0.667. The van der Waals surface area contributed by atoms with Crippen LogP contribution in [0.15, 0.2) is 0 Å². The number of hydrogen-bond acceptors (Lipinski definition) is 5. The molecule has 0 aromatic carbocycles. The van der Waals surface area contributed by atoms with E-state index in [1.165, 1.54) is 13.8 Å². The minimum atomic E-state index is -0.682. The lowest BCUT2D eigenvalue weighted by molar-refractivity contribution is -0.167. The summed E-state index contributed by atoms with van der Waals surface area (Å²) in [7, 11) is 0. The maximum absolute atomic E-state index is 10.8. The van der Waals surface area contributed by atoms with Gasteiger partial charge in [-0.15, -0.1) is 0 Å². The zero-order chi connectivity index (χ0) is 13.7. The third-order valence-corrected chi connectivity index (χ3v) is 1.74. The number of carbonyl (C=O) groups is 2. The van der Waals surface area contributed by atoms with Crippen LogP contribution in [0.3, 0.4) is 0 Å². The molecule has 5 nitrogen and oxygen atoms in total. The summed E-state index contributed by atoms with van der Waals surface area (Å²) in [5, 5.41) is 0. The number of hydrogen-bond donors (Lipinski definition) is 0. The Bertz CT molecular complexity index is 253. The van der Waals surface area contributed by atoms with Gasteiger partial charge in [0, 0.05) is 13.8 Å². The average molecular weight is 246 g/mol. The van der Waals surface area contributed by atoms with Crippen molar-refractivity contribution in [2.45, 2.75) is 52.7 Å². The van der Waals surface area contributed by atoms with Crippen molar-refractivity contribution in [3.8, 4) is 0 Å². The molecule has 0 aliphatic carbocycles. The molecule has 0 fully saturated rings. The van der Waals surface area contributed by atoms with Gasteiger partial charge in [-0.1, -0.05) is 0 Å². The molecule has 0 aliphatic rings. The van der Waals surface area contributed by atoms with Gasteiger partial charge in [0.1, 0.15) is 11.2 Å². The van der Waals surface area contributed by atoms with E-state index in [1.54, 1.807) is 27.7 Å². The lowest BCUT2D eigenvalue weighted by atomic mass is 10.1. The van der Waals surface area contributed by atoms with Gasteiger partial charge in [-0.05, 0) is 27.7 Å². The summed E-state index contributed by atoms with van der Waals surface area (Å²) >= 11 is 0. The highest BCUT2D eigenvalue weighted by molar-refractivity contribution is 5.66. The first kappa shape index (κ1) is 15.9. The summed E-state index contributed by atoms with van der Waals surface area (Å²) in [6, 6.07) is 0. The number of rotatable bonds is 6. The van der Waals surface area contributed by atoms with Crippen LogP contribution >= 0.6 is 0 Å². The molecule has 0 aromatic rings. The highest BCUT2D eigenvalue weighted by atomic mass is 16.6. The maximum Gasteiger partial charge on any atom is 0.303 e. The van der Waals surface area contributed by atoms with Crippen molar-refractivity contribution in [1.82, 2.24) is 0 Å². The Labute approximate surface area is 102 Å². The predicted octanol–water partition coefficient (Wildman–Crippen LogP) is 1.69. The third kappa shape index (κ3) is 8.68. The summed E-state index contributed by atoms with van der Waals surface area (Å²) < 4.78 is 15.5. The van der Waals surface area contributed by atoms with Crippen LogP contribution in [0.1, 0.15) is 41.5 Å². The van der Waals surface area contributed by atoms with E-state index >= 15 is 0 Å². The molecule has 0 N–H and O–H groups in total. The van der Waals surface area contributed by atoms with Gasteiger partial charge >= 0.3 is 11.9 Å². The molecule has 0 bridgehead atoms. The highest BCUT2D eigenvalue weighted by Crippen LogP contribution is 2.14. The van der Waals surface area contributed by atoms with Gasteiger partial charge < -0.3 is 14.2 Å². The normalized spacial score (nSPS) is 12.1. The maximum atomic E-state index is 10.8. The predicted molar refractivity (Wildman–Crippen MR) is 62.5 cm³/mol. The van der Waals surface area contributed by atoms with E-state index in [0.29, 0.717) is 0 Å². The second-order valence-corrected chi connectivity index (χ2v) is 5.20. The van der Waals surface area contributed by atoms with Crippen LogP contribution in [0, 0.1) is 0 Å². The van der Waals surface area contributed by atoms with Crippen LogP contribution in [0.5, 0.6) is 0 Å². The van der Waals surface area contributed by atoms with E-state index in [2.05, 4.69) is 0 Å². The van der Waals surface area contributed by atoms with Gasteiger partial charge in [-0.3, -0.25) is 9.59 Å². The molecule has 0 atom stereocenters. The summed E-state index contributed by atoms with van der Waals surface area (Å²) in [5.41, 5.74) is -1.36. The Morgan fingerprint density at radius 3 is 1.35 bits per heavy atom. The van der Waals surface area contributed by atoms with Crippen molar-refractivity contribution >= 4 is 11.9 Å². The lowest BCUT2D eigenvalue weighted by Crippen LogP contribution is -2.38. The minimum Gasteiger partial charge on any atom is -0.457 e. The Hall–Kier alpha value is -1.10. The Morgan fingerprint density at radius 1 is 0.824 bits per heavy atom. The Kier molecular flexibility index (Phi) is 5.61. The monoisotopic (exact) mass is 246 g/mol. The smallest absolute Gasteiger partial charge is 0.303 e. The molecule has 0 spiro atoms. The first-order valence-corrected chi connectivity index (χ1v) is 5.51. The molecule has 0 unspecified atom stereocenters. The SMILES string of the molecule is CC(=O)OC(C)(C)COCC(C)(C)OC(C)=O. The zero-order valence-electron chi connectivity index (χ0n) is 11.5. The molecular weight excluding hydrogens is 224 g/mol. The van der Waals surface area contributed by atoms with Crippen LogP contribution in [-0.4, -0.2) is 36.4 Å².